The fourth-order valence-corrected chi connectivity index (χ4v) is 4.57. The van der Waals surface area contributed by atoms with Crippen molar-refractivity contribution in [2.75, 3.05) is 18.0 Å². The molecular formula is C27H24N4O5S. The number of thiazole rings is 1. The Morgan fingerprint density at radius 3 is 2.46 bits per heavy atom. The second kappa shape index (κ2) is 11.9. The summed E-state index contributed by atoms with van der Waals surface area (Å²) in [5, 5.41) is 25.0. The number of anilines is 1. The number of aromatic nitrogens is 1. The lowest BCUT2D eigenvalue weighted by atomic mass is 10.1. The van der Waals surface area contributed by atoms with Gasteiger partial charge in [0.1, 0.15) is 6.54 Å². The molecule has 9 nitrogen and oxygen atoms in total. The van der Waals surface area contributed by atoms with Crippen LogP contribution in [0.1, 0.15) is 21.5 Å². The Morgan fingerprint density at radius 1 is 1.00 bits per heavy atom. The number of nitro groups is 1. The van der Waals surface area contributed by atoms with Crippen LogP contribution in [0.15, 0.2) is 84.2 Å². The van der Waals surface area contributed by atoms with Crippen molar-refractivity contribution in [3.63, 3.8) is 0 Å². The summed E-state index contributed by atoms with van der Waals surface area (Å²) in [6.45, 7) is 0.781. The molecule has 0 fully saturated rings. The highest BCUT2D eigenvalue weighted by atomic mass is 32.1. The zero-order valence-electron chi connectivity index (χ0n) is 19.7. The number of amides is 1. The highest BCUT2D eigenvalue weighted by molar-refractivity contribution is 7.14. The van der Waals surface area contributed by atoms with Gasteiger partial charge in [-0.2, -0.15) is 0 Å². The van der Waals surface area contributed by atoms with E-state index in [0.717, 1.165) is 17.1 Å². The topological polar surface area (TPSA) is 126 Å². The molecule has 3 aromatic carbocycles. The number of non-ortho nitro benzene ring substituents is 1. The fourth-order valence-electron chi connectivity index (χ4n) is 3.71. The zero-order valence-corrected chi connectivity index (χ0v) is 20.6. The summed E-state index contributed by atoms with van der Waals surface area (Å²) in [7, 11) is 0. The summed E-state index contributed by atoms with van der Waals surface area (Å²) in [6.07, 6.45) is 0.794. The highest BCUT2D eigenvalue weighted by Crippen LogP contribution is 2.30. The van der Waals surface area contributed by atoms with Crippen molar-refractivity contribution in [3.05, 3.63) is 111 Å². The molecule has 1 aromatic heterocycles. The quantitative estimate of drug-likeness (QED) is 0.217. The van der Waals surface area contributed by atoms with Crippen LogP contribution >= 0.6 is 11.3 Å². The largest absolute Gasteiger partial charge is 0.480 e. The van der Waals surface area contributed by atoms with Crippen LogP contribution in [0.25, 0.3) is 11.3 Å². The average Bonchev–Trinajstić information content (AvgIpc) is 3.41. The lowest BCUT2D eigenvalue weighted by Gasteiger charge is -2.22. The number of hydrogen-bond donors (Lipinski definition) is 2. The molecular weight excluding hydrogens is 492 g/mol. The summed E-state index contributed by atoms with van der Waals surface area (Å²) in [5.74, 6) is -1.55. The van der Waals surface area contributed by atoms with Crippen molar-refractivity contribution < 1.29 is 19.6 Å². The molecule has 188 valence electrons. The van der Waals surface area contributed by atoms with E-state index in [-0.39, 0.29) is 5.69 Å². The Labute approximate surface area is 217 Å². The lowest BCUT2D eigenvalue weighted by Crippen LogP contribution is -2.29. The molecule has 0 bridgehead atoms. The molecule has 1 amide bonds. The van der Waals surface area contributed by atoms with E-state index in [0.29, 0.717) is 29.9 Å². The molecule has 0 aliphatic rings. The molecule has 0 saturated heterocycles. The van der Waals surface area contributed by atoms with Gasteiger partial charge in [-0.1, -0.05) is 54.6 Å². The van der Waals surface area contributed by atoms with E-state index in [1.54, 1.807) is 24.3 Å². The van der Waals surface area contributed by atoms with Gasteiger partial charge < -0.3 is 15.3 Å². The molecule has 0 spiro atoms. The number of aliphatic carboxylic acids is 1. The molecule has 0 radical (unpaired) electrons. The standard InChI is InChI=1S/C27H24N4O5S/c32-25(33)16-28-26(34)21-11-9-20(10-12-21)17-30(14-13-19-5-2-1-3-6-19)27-29-24(18-37-27)22-7-4-8-23(15-22)31(35)36/h1-12,15,18H,13-14,16-17H2,(H,28,34)(H,32,33). The van der Waals surface area contributed by atoms with Gasteiger partial charge in [-0.3, -0.25) is 19.7 Å². The first-order valence-electron chi connectivity index (χ1n) is 11.5. The number of carbonyl (C=O) groups is 2. The SMILES string of the molecule is O=C(O)CNC(=O)c1ccc(CN(CCc2ccccc2)c2nc(-c3cccc([N+](=O)[O-])c3)cs2)cc1. The Balaban J connectivity index is 1.54. The zero-order chi connectivity index (χ0) is 26.2. The Bertz CT molecular complexity index is 1390. The maximum atomic E-state index is 12.1. The monoisotopic (exact) mass is 516 g/mol. The van der Waals surface area contributed by atoms with Gasteiger partial charge in [0.15, 0.2) is 5.13 Å². The van der Waals surface area contributed by atoms with E-state index in [4.69, 9.17) is 10.1 Å². The minimum Gasteiger partial charge on any atom is -0.480 e. The number of carboxylic acids is 1. The fraction of sp³-hybridized carbons (Fsp3) is 0.148. The summed E-state index contributed by atoms with van der Waals surface area (Å²) in [6, 6.07) is 23.5. The predicted molar refractivity (Wildman–Crippen MR) is 142 cm³/mol. The van der Waals surface area contributed by atoms with E-state index < -0.39 is 23.3 Å². The second-order valence-electron chi connectivity index (χ2n) is 8.25. The van der Waals surface area contributed by atoms with Crippen molar-refractivity contribution >= 4 is 34.0 Å². The molecule has 2 N–H and O–H groups in total. The first kappa shape index (κ1) is 25.5. The minimum absolute atomic E-state index is 0.0143. The van der Waals surface area contributed by atoms with Gasteiger partial charge in [0, 0.05) is 41.7 Å². The number of benzene rings is 3. The molecule has 37 heavy (non-hydrogen) atoms. The Kier molecular flexibility index (Phi) is 8.22. The van der Waals surface area contributed by atoms with Crippen molar-refractivity contribution in [1.29, 1.82) is 0 Å². The van der Waals surface area contributed by atoms with Gasteiger partial charge >= 0.3 is 5.97 Å². The second-order valence-corrected chi connectivity index (χ2v) is 9.09. The molecule has 0 saturated carbocycles. The molecule has 1 heterocycles. The summed E-state index contributed by atoms with van der Waals surface area (Å²) < 4.78 is 0. The van der Waals surface area contributed by atoms with Gasteiger partial charge in [-0.25, -0.2) is 4.98 Å². The molecule has 0 aliphatic carbocycles. The number of carbonyl (C=O) groups excluding carboxylic acids is 1. The number of carboxylic acid groups (broad SMARTS) is 1. The van der Waals surface area contributed by atoms with Gasteiger partial charge in [0.25, 0.3) is 11.6 Å². The third-order valence-electron chi connectivity index (χ3n) is 5.62. The van der Waals surface area contributed by atoms with Crippen LogP contribution in [-0.4, -0.2) is 40.0 Å². The van der Waals surface area contributed by atoms with Crippen molar-refractivity contribution in [2.45, 2.75) is 13.0 Å². The van der Waals surface area contributed by atoms with Crippen LogP contribution < -0.4 is 10.2 Å². The molecule has 0 aliphatic heterocycles. The molecule has 4 aromatic rings. The van der Waals surface area contributed by atoms with E-state index >= 15 is 0 Å². The number of nitro benzene ring substituents is 1. The number of nitrogens with one attached hydrogen (secondary N) is 1. The first-order valence-corrected chi connectivity index (χ1v) is 12.3. The minimum atomic E-state index is -1.10. The summed E-state index contributed by atoms with van der Waals surface area (Å²) in [4.78, 5) is 40.5. The van der Waals surface area contributed by atoms with Crippen LogP contribution in [0.5, 0.6) is 0 Å². The summed E-state index contributed by atoms with van der Waals surface area (Å²) >= 11 is 1.46. The maximum Gasteiger partial charge on any atom is 0.322 e. The van der Waals surface area contributed by atoms with Gasteiger partial charge in [0.2, 0.25) is 0 Å². The van der Waals surface area contributed by atoms with E-state index in [9.17, 15) is 19.7 Å². The molecule has 10 heteroatoms. The van der Waals surface area contributed by atoms with Crippen molar-refractivity contribution in [3.8, 4) is 11.3 Å². The van der Waals surface area contributed by atoms with Gasteiger partial charge in [-0.15, -0.1) is 11.3 Å². The van der Waals surface area contributed by atoms with E-state index in [1.807, 2.05) is 35.7 Å². The predicted octanol–water partition coefficient (Wildman–Crippen LogP) is 4.78. The number of nitrogens with zero attached hydrogens (tertiary/aromatic N) is 3. The van der Waals surface area contributed by atoms with E-state index in [2.05, 4.69) is 22.3 Å². The van der Waals surface area contributed by atoms with Crippen LogP contribution in [0, 0.1) is 10.1 Å². The smallest absolute Gasteiger partial charge is 0.322 e. The molecule has 0 unspecified atom stereocenters. The van der Waals surface area contributed by atoms with Gasteiger partial charge in [-0.05, 0) is 29.7 Å². The Hall–Kier alpha value is -4.57. The van der Waals surface area contributed by atoms with Gasteiger partial charge in [0.05, 0.1) is 10.6 Å². The lowest BCUT2D eigenvalue weighted by molar-refractivity contribution is -0.384. The van der Waals surface area contributed by atoms with Crippen molar-refractivity contribution in [2.24, 2.45) is 0 Å². The normalized spacial score (nSPS) is 10.6. The summed E-state index contributed by atoms with van der Waals surface area (Å²) in [5.41, 5.74) is 3.88. The third kappa shape index (κ3) is 6.98. The molecule has 0 atom stereocenters. The average molecular weight is 517 g/mol. The van der Waals surface area contributed by atoms with Crippen LogP contribution in [-0.2, 0) is 17.8 Å². The third-order valence-corrected chi connectivity index (χ3v) is 6.52. The highest BCUT2D eigenvalue weighted by Gasteiger charge is 2.16. The van der Waals surface area contributed by atoms with Crippen molar-refractivity contribution in [1.82, 2.24) is 10.3 Å². The van der Waals surface area contributed by atoms with Crippen LogP contribution in [0.3, 0.4) is 0 Å². The van der Waals surface area contributed by atoms with Crippen LogP contribution in [0.2, 0.25) is 0 Å². The molecule has 4 rings (SSSR count). The van der Waals surface area contributed by atoms with E-state index in [1.165, 1.54) is 29.0 Å². The number of rotatable bonds is 11. The maximum absolute atomic E-state index is 12.1. The first-order chi connectivity index (χ1) is 17.9. The Morgan fingerprint density at radius 2 is 1.76 bits per heavy atom. The number of hydrogen-bond acceptors (Lipinski definition) is 7. The van der Waals surface area contributed by atoms with Crippen LogP contribution in [0.4, 0.5) is 10.8 Å².